The molecule has 0 bridgehead atoms. The highest BCUT2D eigenvalue weighted by Gasteiger charge is 2.11. The van der Waals surface area contributed by atoms with Gasteiger partial charge in [0.2, 0.25) is 0 Å². The first-order chi connectivity index (χ1) is 8.72. The van der Waals surface area contributed by atoms with Gasteiger partial charge in [-0.25, -0.2) is 0 Å². The molecule has 0 amide bonds. The highest BCUT2D eigenvalue weighted by molar-refractivity contribution is 9.10. The molecule has 0 aliphatic carbocycles. The monoisotopic (exact) mass is 317 g/mol. The van der Waals surface area contributed by atoms with Gasteiger partial charge in [-0.05, 0) is 40.7 Å². The van der Waals surface area contributed by atoms with Crippen LogP contribution in [0.4, 0.5) is 0 Å². The zero-order chi connectivity index (χ0) is 13.4. The van der Waals surface area contributed by atoms with Crippen molar-refractivity contribution in [3.63, 3.8) is 0 Å². The Bertz CT molecular complexity index is 371. The molecule has 102 valence electrons. The summed E-state index contributed by atoms with van der Waals surface area (Å²) in [6.45, 7) is 2.09. The number of halogens is 1. The van der Waals surface area contributed by atoms with Crippen LogP contribution in [0.5, 0.6) is 11.5 Å². The SMILES string of the molecule is CNCc1cc(Br)c(OCCCOC)c(OC)c1. The summed E-state index contributed by atoms with van der Waals surface area (Å²) in [5.74, 6) is 1.49. The lowest BCUT2D eigenvalue weighted by atomic mass is 10.2. The van der Waals surface area contributed by atoms with E-state index in [0.717, 1.165) is 34.5 Å². The van der Waals surface area contributed by atoms with Crippen LogP contribution in [-0.4, -0.2) is 34.5 Å². The van der Waals surface area contributed by atoms with Gasteiger partial charge >= 0.3 is 0 Å². The standard InChI is InChI=1S/C13H20BrNO3/c1-15-9-10-7-11(14)13(12(8-10)17-3)18-6-4-5-16-2/h7-8,15H,4-6,9H2,1-3H3. The third-order valence-corrected chi connectivity index (χ3v) is 3.00. The van der Waals surface area contributed by atoms with Gasteiger partial charge in [0.05, 0.1) is 18.2 Å². The van der Waals surface area contributed by atoms with Crippen LogP contribution in [0, 0.1) is 0 Å². The van der Waals surface area contributed by atoms with Gasteiger partial charge in [-0.15, -0.1) is 0 Å². The van der Waals surface area contributed by atoms with Crippen LogP contribution < -0.4 is 14.8 Å². The summed E-state index contributed by atoms with van der Waals surface area (Å²) in [4.78, 5) is 0. The smallest absolute Gasteiger partial charge is 0.175 e. The summed E-state index contributed by atoms with van der Waals surface area (Å²) in [7, 11) is 5.24. The molecule has 1 N–H and O–H groups in total. The molecule has 18 heavy (non-hydrogen) atoms. The molecule has 0 heterocycles. The average molecular weight is 318 g/mol. The van der Waals surface area contributed by atoms with E-state index in [1.165, 1.54) is 0 Å². The quantitative estimate of drug-likeness (QED) is 0.748. The molecule has 0 aromatic heterocycles. The number of methoxy groups -OCH3 is 2. The Hall–Kier alpha value is -0.780. The second kappa shape index (κ2) is 8.34. The number of nitrogens with one attached hydrogen (secondary N) is 1. The van der Waals surface area contributed by atoms with Crippen molar-refractivity contribution in [2.24, 2.45) is 0 Å². The van der Waals surface area contributed by atoms with Gasteiger partial charge in [0, 0.05) is 26.7 Å². The summed E-state index contributed by atoms with van der Waals surface area (Å²) in [5.41, 5.74) is 1.14. The molecule has 0 spiro atoms. The van der Waals surface area contributed by atoms with Crippen molar-refractivity contribution in [2.75, 3.05) is 34.5 Å². The van der Waals surface area contributed by atoms with Gasteiger partial charge < -0.3 is 19.5 Å². The van der Waals surface area contributed by atoms with E-state index in [1.807, 2.05) is 19.2 Å². The molecule has 0 saturated carbocycles. The van der Waals surface area contributed by atoms with Crippen LogP contribution in [-0.2, 0) is 11.3 Å². The van der Waals surface area contributed by atoms with Crippen LogP contribution in [0.3, 0.4) is 0 Å². The zero-order valence-corrected chi connectivity index (χ0v) is 12.7. The van der Waals surface area contributed by atoms with Crippen LogP contribution in [0.15, 0.2) is 16.6 Å². The zero-order valence-electron chi connectivity index (χ0n) is 11.1. The van der Waals surface area contributed by atoms with Crippen molar-refractivity contribution in [1.82, 2.24) is 5.32 Å². The maximum Gasteiger partial charge on any atom is 0.175 e. The molecule has 0 atom stereocenters. The lowest BCUT2D eigenvalue weighted by molar-refractivity contribution is 0.170. The topological polar surface area (TPSA) is 39.7 Å². The summed E-state index contributed by atoms with van der Waals surface area (Å²) >= 11 is 3.51. The molecular formula is C13H20BrNO3. The van der Waals surface area contributed by atoms with Crippen LogP contribution in [0.25, 0.3) is 0 Å². The fourth-order valence-electron chi connectivity index (χ4n) is 1.60. The van der Waals surface area contributed by atoms with E-state index < -0.39 is 0 Å². The summed E-state index contributed by atoms with van der Waals surface area (Å²) in [6.07, 6.45) is 0.852. The Balaban J connectivity index is 2.76. The van der Waals surface area contributed by atoms with Crippen molar-refractivity contribution in [3.05, 3.63) is 22.2 Å². The fraction of sp³-hybridized carbons (Fsp3) is 0.538. The molecule has 4 nitrogen and oxygen atoms in total. The third-order valence-electron chi connectivity index (χ3n) is 2.41. The van der Waals surface area contributed by atoms with E-state index in [9.17, 15) is 0 Å². The molecule has 5 heteroatoms. The Morgan fingerprint density at radius 1 is 1.22 bits per heavy atom. The molecule has 0 saturated heterocycles. The predicted molar refractivity (Wildman–Crippen MR) is 75.4 cm³/mol. The normalized spacial score (nSPS) is 10.4. The minimum atomic E-state index is 0.605. The minimum absolute atomic E-state index is 0.605. The third kappa shape index (κ3) is 4.48. The lowest BCUT2D eigenvalue weighted by Crippen LogP contribution is -2.07. The van der Waals surface area contributed by atoms with E-state index in [2.05, 4.69) is 21.2 Å². The second-order valence-corrected chi connectivity index (χ2v) is 4.69. The van der Waals surface area contributed by atoms with Crippen LogP contribution in [0.2, 0.25) is 0 Å². The van der Waals surface area contributed by atoms with E-state index in [4.69, 9.17) is 14.2 Å². The Morgan fingerprint density at radius 2 is 2.00 bits per heavy atom. The van der Waals surface area contributed by atoms with Gasteiger partial charge in [-0.3, -0.25) is 0 Å². The molecule has 0 fully saturated rings. The van der Waals surface area contributed by atoms with Crippen LogP contribution >= 0.6 is 15.9 Å². The first kappa shape index (κ1) is 15.3. The molecule has 0 aliphatic rings. The lowest BCUT2D eigenvalue weighted by Gasteiger charge is -2.14. The molecule has 0 aliphatic heterocycles. The molecule has 1 rings (SSSR count). The van der Waals surface area contributed by atoms with E-state index in [-0.39, 0.29) is 0 Å². The van der Waals surface area contributed by atoms with Crippen molar-refractivity contribution >= 4 is 15.9 Å². The Morgan fingerprint density at radius 3 is 2.61 bits per heavy atom. The van der Waals surface area contributed by atoms with Gasteiger partial charge in [0.25, 0.3) is 0 Å². The van der Waals surface area contributed by atoms with E-state index in [0.29, 0.717) is 13.2 Å². The average Bonchev–Trinajstić information content (AvgIpc) is 2.36. The molecule has 0 unspecified atom stereocenters. The van der Waals surface area contributed by atoms with Gasteiger partial charge in [0.1, 0.15) is 0 Å². The summed E-state index contributed by atoms with van der Waals surface area (Å²) < 4.78 is 17.0. The summed E-state index contributed by atoms with van der Waals surface area (Å²) in [5, 5.41) is 3.11. The van der Waals surface area contributed by atoms with Crippen molar-refractivity contribution < 1.29 is 14.2 Å². The highest BCUT2D eigenvalue weighted by atomic mass is 79.9. The first-order valence-corrected chi connectivity index (χ1v) is 6.65. The number of benzene rings is 1. The van der Waals surface area contributed by atoms with Gasteiger partial charge in [-0.2, -0.15) is 0 Å². The Kier molecular flexibility index (Phi) is 7.08. The maximum atomic E-state index is 5.72. The number of ether oxygens (including phenoxy) is 3. The Labute approximate surface area is 117 Å². The highest BCUT2D eigenvalue weighted by Crippen LogP contribution is 2.36. The van der Waals surface area contributed by atoms with Gasteiger partial charge in [0.15, 0.2) is 11.5 Å². The molecular weight excluding hydrogens is 298 g/mol. The molecule has 1 aromatic carbocycles. The van der Waals surface area contributed by atoms with E-state index >= 15 is 0 Å². The maximum absolute atomic E-state index is 5.72. The predicted octanol–water partition coefficient (Wildman–Crippen LogP) is 2.59. The van der Waals surface area contributed by atoms with E-state index in [1.54, 1.807) is 14.2 Å². The van der Waals surface area contributed by atoms with Gasteiger partial charge in [-0.1, -0.05) is 0 Å². The second-order valence-electron chi connectivity index (χ2n) is 3.83. The van der Waals surface area contributed by atoms with Crippen molar-refractivity contribution in [3.8, 4) is 11.5 Å². The minimum Gasteiger partial charge on any atom is -0.493 e. The fourth-order valence-corrected chi connectivity index (χ4v) is 2.20. The molecule has 0 radical (unpaired) electrons. The number of hydrogen-bond donors (Lipinski definition) is 1. The number of rotatable bonds is 8. The van der Waals surface area contributed by atoms with Crippen molar-refractivity contribution in [1.29, 1.82) is 0 Å². The molecule has 1 aromatic rings. The first-order valence-electron chi connectivity index (χ1n) is 5.85. The number of hydrogen-bond acceptors (Lipinski definition) is 4. The van der Waals surface area contributed by atoms with Crippen LogP contribution in [0.1, 0.15) is 12.0 Å². The largest absolute Gasteiger partial charge is 0.493 e. The van der Waals surface area contributed by atoms with Crippen molar-refractivity contribution in [2.45, 2.75) is 13.0 Å². The summed E-state index contributed by atoms with van der Waals surface area (Å²) in [6, 6.07) is 4.01.